The number of rotatable bonds is 9. The molecule has 4 heteroatoms. The largest absolute Gasteiger partial charge is 0.377 e. The van der Waals surface area contributed by atoms with Crippen LogP contribution in [0.25, 0.3) is 0 Å². The van der Waals surface area contributed by atoms with Crippen molar-refractivity contribution in [3.63, 3.8) is 0 Å². The van der Waals surface area contributed by atoms with Crippen LogP contribution < -0.4 is 5.32 Å². The molecule has 1 aromatic carbocycles. The van der Waals surface area contributed by atoms with E-state index in [2.05, 4.69) is 19.2 Å². The molecule has 0 atom stereocenters. The number of hydrogen-bond acceptors (Lipinski definition) is 3. The zero-order valence-corrected chi connectivity index (χ0v) is 13.5. The molecule has 0 bridgehead atoms. The fourth-order valence-electron chi connectivity index (χ4n) is 1.80. The second kappa shape index (κ2) is 9.53. The predicted molar refractivity (Wildman–Crippen MR) is 84.8 cm³/mol. The van der Waals surface area contributed by atoms with Crippen LogP contribution in [0.3, 0.4) is 0 Å². The average Bonchev–Trinajstić information content (AvgIpc) is 2.45. The summed E-state index contributed by atoms with van der Waals surface area (Å²) >= 11 is 0. The lowest BCUT2D eigenvalue weighted by Gasteiger charge is -2.09. The summed E-state index contributed by atoms with van der Waals surface area (Å²) < 4.78 is 10.7. The highest BCUT2D eigenvalue weighted by Crippen LogP contribution is 2.14. The van der Waals surface area contributed by atoms with Crippen LogP contribution in [0.4, 0.5) is 0 Å². The summed E-state index contributed by atoms with van der Waals surface area (Å²) in [6, 6.07) is 7.72. The molecule has 0 fully saturated rings. The molecule has 118 valence electrons. The first kappa shape index (κ1) is 17.7. The molecule has 21 heavy (non-hydrogen) atoms. The van der Waals surface area contributed by atoms with Crippen molar-refractivity contribution < 1.29 is 14.3 Å². The van der Waals surface area contributed by atoms with Crippen LogP contribution in [0.2, 0.25) is 0 Å². The lowest BCUT2D eigenvalue weighted by atomic mass is 10.0. The summed E-state index contributed by atoms with van der Waals surface area (Å²) in [6.45, 7) is 10.4. The van der Waals surface area contributed by atoms with Crippen molar-refractivity contribution in [3.05, 3.63) is 35.4 Å². The first-order chi connectivity index (χ1) is 10.0. The molecule has 0 saturated heterocycles. The normalized spacial score (nSPS) is 11.1. The van der Waals surface area contributed by atoms with Crippen LogP contribution in [0, 0.1) is 0 Å². The summed E-state index contributed by atoms with van der Waals surface area (Å²) in [4.78, 5) is 11.9. The number of benzene rings is 1. The highest BCUT2D eigenvalue weighted by Gasteiger charge is 2.05. The number of ether oxygens (including phenoxy) is 2. The van der Waals surface area contributed by atoms with E-state index < -0.39 is 0 Å². The minimum absolute atomic E-state index is 0.0627. The van der Waals surface area contributed by atoms with Gasteiger partial charge in [0.05, 0.1) is 25.9 Å². The average molecular weight is 293 g/mol. The summed E-state index contributed by atoms with van der Waals surface area (Å²) in [5.41, 5.74) is 1.92. The van der Waals surface area contributed by atoms with Crippen LogP contribution >= 0.6 is 0 Å². The Labute approximate surface area is 127 Å². The molecule has 0 radical (unpaired) electrons. The van der Waals surface area contributed by atoms with Crippen LogP contribution in [-0.4, -0.2) is 38.4 Å². The summed E-state index contributed by atoms with van der Waals surface area (Å²) in [6.07, 6.45) is 0.224. The molecular weight excluding hydrogens is 266 g/mol. The molecule has 1 amide bonds. The molecule has 0 spiro atoms. The fraction of sp³-hybridized carbons (Fsp3) is 0.588. The molecule has 4 nitrogen and oxygen atoms in total. The Hall–Kier alpha value is -1.39. The summed E-state index contributed by atoms with van der Waals surface area (Å²) in [5, 5.41) is 2.84. The van der Waals surface area contributed by atoms with Gasteiger partial charge in [0.25, 0.3) is 5.91 Å². The Bertz CT molecular complexity index is 413. The first-order valence-electron chi connectivity index (χ1n) is 7.58. The third-order valence-electron chi connectivity index (χ3n) is 3.05. The van der Waals surface area contributed by atoms with Crippen LogP contribution in [0.1, 0.15) is 49.5 Å². The quantitative estimate of drug-likeness (QED) is 0.712. The van der Waals surface area contributed by atoms with Gasteiger partial charge in [0.2, 0.25) is 0 Å². The molecule has 1 aromatic rings. The van der Waals surface area contributed by atoms with E-state index in [-0.39, 0.29) is 12.0 Å². The van der Waals surface area contributed by atoms with Gasteiger partial charge in [-0.3, -0.25) is 4.79 Å². The summed E-state index contributed by atoms with van der Waals surface area (Å²) in [7, 11) is 0. The fourth-order valence-corrected chi connectivity index (χ4v) is 1.80. The topological polar surface area (TPSA) is 47.6 Å². The molecule has 0 aliphatic carbocycles. The van der Waals surface area contributed by atoms with Crippen molar-refractivity contribution in [3.8, 4) is 0 Å². The minimum Gasteiger partial charge on any atom is -0.377 e. The van der Waals surface area contributed by atoms with E-state index in [4.69, 9.17) is 9.47 Å². The first-order valence-corrected chi connectivity index (χ1v) is 7.58. The Morgan fingerprint density at radius 3 is 2.29 bits per heavy atom. The Balaban J connectivity index is 2.19. The predicted octanol–water partition coefficient (Wildman–Crippen LogP) is 2.98. The van der Waals surface area contributed by atoms with E-state index in [1.165, 1.54) is 5.56 Å². The molecule has 0 heterocycles. The lowest BCUT2D eigenvalue weighted by molar-refractivity contribution is 0.0204. The maximum absolute atomic E-state index is 11.9. The molecule has 0 unspecified atom stereocenters. The van der Waals surface area contributed by atoms with E-state index in [0.717, 1.165) is 0 Å². The number of carbonyl (C=O) groups excluding carboxylic acids is 1. The van der Waals surface area contributed by atoms with Gasteiger partial charge in [-0.05, 0) is 37.5 Å². The van der Waals surface area contributed by atoms with E-state index in [1.54, 1.807) is 0 Å². The van der Waals surface area contributed by atoms with Crippen molar-refractivity contribution in [2.24, 2.45) is 0 Å². The Kier molecular flexibility index (Phi) is 8.01. The van der Waals surface area contributed by atoms with Crippen molar-refractivity contribution >= 4 is 5.91 Å². The highest BCUT2D eigenvalue weighted by molar-refractivity contribution is 5.94. The van der Waals surface area contributed by atoms with Crippen molar-refractivity contribution in [1.82, 2.24) is 5.32 Å². The van der Waals surface area contributed by atoms with Gasteiger partial charge < -0.3 is 14.8 Å². The molecular formula is C17H27NO3. The van der Waals surface area contributed by atoms with Gasteiger partial charge in [-0.1, -0.05) is 26.0 Å². The standard InChI is InChI=1S/C17H27NO3/c1-13(2)15-5-7-16(8-6-15)17(19)18-9-10-20-11-12-21-14(3)4/h5-8,13-14H,9-12H2,1-4H3,(H,18,19). The van der Waals surface area contributed by atoms with Gasteiger partial charge in [0.1, 0.15) is 0 Å². The van der Waals surface area contributed by atoms with Gasteiger partial charge in [-0.25, -0.2) is 0 Å². The van der Waals surface area contributed by atoms with Gasteiger partial charge in [-0.2, -0.15) is 0 Å². The van der Waals surface area contributed by atoms with Crippen LogP contribution in [0.5, 0.6) is 0 Å². The van der Waals surface area contributed by atoms with Crippen molar-refractivity contribution in [2.75, 3.05) is 26.4 Å². The molecule has 0 aliphatic heterocycles. The van der Waals surface area contributed by atoms with Gasteiger partial charge in [0, 0.05) is 12.1 Å². The number of nitrogens with one attached hydrogen (secondary N) is 1. The van der Waals surface area contributed by atoms with E-state index in [1.807, 2.05) is 38.1 Å². The SMILES string of the molecule is CC(C)OCCOCCNC(=O)c1ccc(C(C)C)cc1. The van der Waals surface area contributed by atoms with Gasteiger partial charge in [-0.15, -0.1) is 0 Å². The number of amides is 1. The maximum atomic E-state index is 11.9. The van der Waals surface area contributed by atoms with E-state index in [9.17, 15) is 4.79 Å². The van der Waals surface area contributed by atoms with Crippen LogP contribution in [-0.2, 0) is 9.47 Å². The maximum Gasteiger partial charge on any atom is 0.251 e. The second-order valence-electron chi connectivity index (χ2n) is 5.56. The smallest absolute Gasteiger partial charge is 0.251 e. The van der Waals surface area contributed by atoms with Crippen LogP contribution in [0.15, 0.2) is 24.3 Å². The molecule has 0 aliphatic rings. The molecule has 0 aromatic heterocycles. The third-order valence-corrected chi connectivity index (χ3v) is 3.05. The second-order valence-corrected chi connectivity index (χ2v) is 5.56. The monoisotopic (exact) mass is 293 g/mol. The molecule has 1 rings (SSSR count). The van der Waals surface area contributed by atoms with Gasteiger partial charge >= 0.3 is 0 Å². The van der Waals surface area contributed by atoms with Crippen molar-refractivity contribution in [1.29, 1.82) is 0 Å². The zero-order valence-electron chi connectivity index (χ0n) is 13.5. The van der Waals surface area contributed by atoms with Gasteiger partial charge in [0.15, 0.2) is 0 Å². The van der Waals surface area contributed by atoms with E-state index >= 15 is 0 Å². The molecule has 0 saturated carbocycles. The Morgan fingerprint density at radius 1 is 1.05 bits per heavy atom. The zero-order chi connectivity index (χ0) is 15.7. The lowest BCUT2D eigenvalue weighted by Crippen LogP contribution is -2.27. The third kappa shape index (κ3) is 7.25. The van der Waals surface area contributed by atoms with Crippen molar-refractivity contribution in [2.45, 2.75) is 39.7 Å². The minimum atomic E-state index is -0.0627. The number of carbonyl (C=O) groups is 1. The number of hydrogen-bond donors (Lipinski definition) is 1. The van der Waals surface area contributed by atoms with E-state index in [0.29, 0.717) is 37.8 Å². The molecule has 1 N–H and O–H groups in total. The highest BCUT2D eigenvalue weighted by atomic mass is 16.5. The summed E-state index contributed by atoms with van der Waals surface area (Å²) in [5.74, 6) is 0.413. The Morgan fingerprint density at radius 2 is 1.71 bits per heavy atom.